The van der Waals surface area contributed by atoms with Gasteiger partial charge in [0.1, 0.15) is 0 Å². The third-order valence-electron chi connectivity index (χ3n) is 3.48. The first-order valence-electron chi connectivity index (χ1n) is 7.12. The van der Waals surface area contributed by atoms with Crippen molar-refractivity contribution in [2.75, 3.05) is 6.54 Å². The third kappa shape index (κ3) is 3.51. The first-order chi connectivity index (χ1) is 9.52. The monoisotopic (exact) mass is 351 g/mol. The van der Waals surface area contributed by atoms with Crippen LogP contribution in [0.25, 0.3) is 10.4 Å². The van der Waals surface area contributed by atoms with Gasteiger partial charge < -0.3 is 5.32 Å². The Balaban J connectivity index is 2.32. The van der Waals surface area contributed by atoms with Gasteiger partial charge in [0.15, 0.2) is 0 Å². The molecule has 0 fully saturated rings. The zero-order chi connectivity index (χ0) is 14.7. The predicted octanol–water partition coefficient (Wildman–Crippen LogP) is 5.79. The molecule has 20 heavy (non-hydrogen) atoms. The van der Waals surface area contributed by atoms with E-state index in [1.54, 1.807) is 0 Å². The molecular weight excluding hydrogens is 330 g/mol. The van der Waals surface area contributed by atoms with Crippen molar-refractivity contribution >= 4 is 27.3 Å². The van der Waals surface area contributed by atoms with Crippen LogP contribution in [-0.4, -0.2) is 6.54 Å². The lowest BCUT2D eigenvalue weighted by Gasteiger charge is -2.20. The third-order valence-corrected chi connectivity index (χ3v) is 5.17. The lowest BCUT2D eigenvalue weighted by Crippen LogP contribution is -2.24. The van der Waals surface area contributed by atoms with Crippen molar-refractivity contribution in [3.63, 3.8) is 0 Å². The van der Waals surface area contributed by atoms with Crippen molar-refractivity contribution < 1.29 is 0 Å². The minimum absolute atomic E-state index is 0.453. The average Bonchev–Trinajstić information content (AvgIpc) is 2.84. The van der Waals surface area contributed by atoms with Gasteiger partial charge >= 0.3 is 0 Å². The molecule has 0 aliphatic rings. The molecule has 1 heterocycles. The Bertz CT molecular complexity index is 574. The SMILES string of the molecule is CCNC(c1ccc(-c2ccc(Br)cc2C)s1)C(C)C. The van der Waals surface area contributed by atoms with E-state index in [4.69, 9.17) is 0 Å². The Morgan fingerprint density at radius 3 is 2.55 bits per heavy atom. The van der Waals surface area contributed by atoms with E-state index in [1.807, 2.05) is 11.3 Å². The van der Waals surface area contributed by atoms with E-state index in [2.05, 4.69) is 79.3 Å². The Morgan fingerprint density at radius 2 is 1.95 bits per heavy atom. The van der Waals surface area contributed by atoms with Gasteiger partial charge in [-0.05, 0) is 54.8 Å². The lowest BCUT2D eigenvalue weighted by atomic mass is 10.0. The molecule has 0 saturated carbocycles. The molecule has 1 unspecified atom stereocenters. The van der Waals surface area contributed by atoms with E-state index < -0.39 is 0 Å². The number of aryl methyl sites for hydroxylation is 1. The van der Waals surface area contributed by atoms with E-state index >= 15 is 0 Å². The molecule has 0 aliphatic carbocycles. The number of rotatable bonds is 5. The van der Waals surface area contributed by atoms with Crippen LogP contribution < -0.4 is 5.32 Å². The zero-order valence-corrected chi connectivity index (χ0v) is 14.9. The summed E-state index contributed by atoms with van der Waals surface area (Å²) in [7, 11) is 0. The van der Waals surface area contributed by atoms with Gasteiger partial charge in [0.2, 0.25) is 0 Å². The molecule has 0 aliphatic heterocycles. The van der Waals surface area contributed by atoms with Crippen LogP contribution in [0.5, 0.6) is 0 Å². The predicted molar refractivity (Wildman–Crippen MR) is 93.4 cm³/mol. The van der Waals surface area contributed by atoms with Gasteiger partial charge in [-0.2, -0.15) is 0 Å². The van der Waals surface area contributed by atoms with Gasteiger partial charge in [0.25, 0.3) is 0 Å². The average molecular weight is 352 g/mol. The Morgan fingerprint density at radius 1 is 1.20 bits per heavy atom. The van der Waals surface area contributed by atoms with Crippen LogP contribution in [0.2, 0.25) is 0 Å². The quantitative estimate of drug-likeness (QED) is 0.718. The second-order valence-electron chi connectivity index (χ2n) is 5.44. The number of halogens is 1. The summed E-state index contributed by atoms with van der Waals surface area (Å²) < 4.78 is 1.14. The first-order valence-corrected chi connectivity index (χ1v) is 8.73. The van der Waals surface area contributed by atoms with Crippen LogP contribution in [0.15, 0.2) is 34.8 Å². The van der Waals surface area contributed by atoms with E-state index in [0.717, 1.165) is 11.0 Å². The summed E-state index contributed by atoms with van der Waals surface area (Å²) in [5.74, 6) is 0.604. The Hall–Kier alpha value is -0.640. The van der Waals surface area contributed by atoms with Gasteiger partial charge in [0.05, 0.1) is 0 Å². The molecule has 1 aromatic heterocycles. The summed E-state index contributed by atoms with van der Waals surface area (Å²) in [6.07, 6.45) is 0. The van der Waals surface area contributed by atoms with Crippen molar-refractivity contribution in [3.05, 3.63) is 45.2 Å². The minimum atomic E-state index is 0.453. The molecule has 2 aromatic rings. The number of benzene rings is 1. The Labute approximate surface area is 134 Å². The smallest absolute Gasteiger partial charge is 0.0438 e. The fourth-order valence-electron chi connectivity index (χ4n) is 2.45. The standard InChI is InChI=1S/C17H22BrNS/c1-5-19-17(11(2)3)16-9-8-15(20-16)14-7-6-13(18)10-12(14)4/h6-11,17,19H,5H2,1-4H3. The summed E-state index contributed by atoms with van der Waals surface area (Å²) >= 11 is 5.43. The molecule has 0 saturated heterocycles. The number of hydrogen-bond donors (Lipinski definition) is 1. The van der Waals surface area contributed by atoms with E-state index in [-0.39, 0.29) is 0 Å². The van der Waals surface area contributed by atoms with Crippen molar-refractivity contribution in [3.8, 4) is 10.4 Å². The maximum Gasteiger partial charge on any atom is 0.0438 e. The molecule has 0 spiro atoms. The molecule has 2 rings (SSSR count). The summed E-state index contributed by atoms with van der Waals surface area (Å²) in [4.78, 5) is 2.78. The van der Waals surface area contributed by atoms with Gasteiger partial charge in [-0.1, -0.05) is 42.8 Å². The van der Waals surface area contributed by atoms with Gasteiger partial charge in [0, 0.05) is 20.3 Å². The van der Waals surface area contributed by atoms with Gasteiger partial charge in [-0.3, -0.25) is 0 Å². The van der Waals surface area contributed by atoms with Crippen molar-refractivity contribution in [2.45, 2.75) is 33.7 Å². The van der Waals surface area contributed by atoms with Crippen molar-refractivity contribution in [1.82, 2.24) is 5.32 Å². The Kier molecular flexibility index (Phi) is 5.42. The largest absolute Gasteiger partial charge is 0.309 e. The number of nitrogens with one attached hydrogen (secondary N) is 1. The van der Waals surface area contributed by atoms with E-state index in [9.17, 15) is 0 Å². The topological polar surface area (TPSA) is 12.0 Å². The number of hydrogen-bond acceptors (Lipinski definition) is 2. The molecule has 0 bridgehead atoms. The lowest BCUT2D eigenvalue weighted by molar-refractivity contribution is 0.428. The van der Waals surface area contributed by atoms with E-state index in [1.165, 1.54) is 20.9 Å². The fraction of sp³-hybridized carbons (Fsp3) is 0.412. The molecule has 108 valence electrons. The summed E-state index contributed by atoms with van der Waals surface area (Å²) in [5.41, 5.74) is 2.65. The molecule has 1 atom stereocenters. The second kappa shape index (κ2) is 6.88. The molecule has 1 aromatic carbocycles. The van der Waals surface area contributed by atoms with Crippen LogP contribution in [-0.2, 0) is 0 Å². The van der Waals surface area contributed by atoms with Crippen molar-refractivity contribution in [2.24, 2.45) is 5.92 Å². The van der Waals surface area contributed by atoms with Crippen LogP contribution in [0.4, 0.5) is 0 Å². The molecule has 0 amide bonds. The van der Waals surface area contributed by atoms with Crippen LogP contribution in [0.3, 0.4) is 0 Å². The molecule has 3 heteroatoms. The summed E-state index contributed by atoms with van der Waals surface area (Å²) in [6, 6.07) is 11.5. The molecule has 0 radical (unpaired) electrons. The van der Waals surface area contributed by atoms with Crippen molar-refractivity contribution in [1.29, 1.82) is 0 Å². The summed E-state index contributed by atoms with van der Waals surface area (Å²) in [5, 5.41) is 3.59. The summed E-state index contributed by atoms with van der Waals surface area (Å²) in [6.45, 7) is 9.90. The van der Waals surface area contributed by atoms with Gasteiger partial charge in [-0.15, -0.1) is 11.3 Å². The maximum absolute atomic E-state index is 3.59. The highest BCUT2D eigenvalue weighted by atomic mass is 79.9. The fourth-order valence-corrected chi connectivity index (χ4v) is 4.28. The molecule has 1 nitrogen and oxygen atoms in total. The van der Waals surface area contributed by atoms with Crippen LogP contribution in [0, 0.1) is 12.8 Å². The molecular formula is C17H22BrNS. The zero-order valence-electron chi connectivity index (χ0n) is 12.5. The van der Waals surface area contributed by atoms with Gasteiger partial charge in [-0.25, -0.2) is 0 Å². The molecule has 1 N–H and O–H groups in total. The van der Waals surface area contributed by atoms with E-state index in [0.29, 0.717) is 12.0 Å². The van der Waals surface area contributed by atoms with Crippen LogP contribution >= 0.6 is 27.3 Å². The highest BCUT2D eigenvalue weighted by Gasteiger charge is 2.17. The maximum atomic E-state index is 3.59. The first kappa shape index (κ1) is 15.7. The normalized spacial score (nSPS) is 12.9. The number of thiophene rings is 1. The highest BCUT2D eigenvalue weighted by molar-refractivity contribution is 9.10. The second-order valence-corrected chi connectivity index (χ2v) is 7.47. The highest BCUT2D eigenvalue weighted by Crippen LogP contribution is 2.36. The minimum Gasteiger partial charge on any atom is -0.309 e. The van der Waals surface area contributed by atoms with Crippen LogP contribution in [0.1, 0.15) is 37.3 Å².